The maximum atomic E-state index is 10.0. The maximum absolute atomic E-state index is 10.0. The molecular weight excluding hydrogens is 252 g/mol. The van der Waals surface area contributed by atoms with Crippen LogP contribution in [-0.4, -0.2) is 22.9 Å². The van der Waals surface area contributed by atoms with Crippen molar-refractivity contribution in [2.24, 2.45) is 5.92 Å². The third-order valence-electron chi connectivity index (χ3n) is 4.11. The average molecular weight is 278 g/mol. The van der Waals surface area contributed by atoms with Gasteiger partial charge in [0.15, 0.2) is 0 Å². The van der Waals surface area contributed by atoms with Gasteiger partial charge in [0.05, 0.1) is 18.8 Å². The van der Waals surface area contributed by atoms with E-state index < -0.39 is 6.10 Å². The van der Waals surface area contributed by atoms with Crippen LogP contribution in [0, 0.1) is 5.92 Å². The zero-order valence-electron chi connectivity index (χ0n) is 12.3. The van der Waals surface area contributed by atoms with E-state index in [1.807, 2.05) is 24.3 Å². The molecule has 0 aromatic heterocycles. The summed E-state index contributed by atoms with van der Waals surface area (Å²) >= 11 is 0. The molecule has 1 saturated carbocycles. The summed E-state index contributed by atoms with van der Waals surface area (Å²) in [6, 6.07) is 7.77. The summed E-state index contributed by atoms with van der Waals surface area (Å²) in [4.78, 5) is 0. The second kappa shape index (κ2) is 7.65. The van der Waals surface area contributed by atoms with Crippen molar-refractivity contribution >= 4 is 0 Å². The molecule has 0 amide bonds. The fourth-order valence-electron chi connectivity index (χ4n) is 2.78. The Morgan fingerprint density at radius 3 is 2.70 bits per heavy atom. The van der Waals surface area contributed by atoms with E-state index in [4.69, 9.17) is 4.74 Å². The molecule has 3 heteroatoms. The van der Waals surface area contributed by atoms with Crippen molar-refractivity contribution in [3.63, 3.8) is 0 Å². The van der Waals surface area contributed by atoms with Crippen molar-refractivity contribution in [3.8, 4) is 5.75 Å². The lowest BCUT2D eigenvalue weighted by Gasteiger charge is -2.25. The Kier molecular flexibility index (Phi) is 5.86. The van der Waals surface area contributed by atoms with Crippen molar-refractivity contribution in [1.29, 1.82) is 0 Å². The average Bonchev–Trinajstić information content (AvgIpc) is 2.47. The van der Waals surface area contributed by atoms with Crippen molar-refractivity contribution in [2.75, 3.05) is 6.61 Å². The fourth-order valence-corrected chi connectivity index (χ4v) is 2.78. The van der Waals surface area contributed by atoms with Crippen LogP contribution in [0.25, 0.3) is 0 Å². The highest BCUT2D eigenvalue weighted by Crippen LogP contribution is 2.26. The van der Waals surface area contributed by atoms with Gasteiger partial charge in [0.25, 0.3) is 0 Å². The third kappa shape index (κ3) is 4.50. The van der Waals surface area contributed by atoms with Crippen molar-refractivity contribution in [1.82, 2.24) is 0 Å². The molecule has 1 aliphatic carbocycles. The molecule has 0 saturated heterocycles. The molecule has 1 aromatic rings. The zero-order valence-corrected chi connectivity index (χ0v) is 12.3. The molecule has 1 aromatic carbocycles. The number of ether oxygens (including phenoxy) is 1. The molecule has 0 unspecified atom stereocenters. The van der Waals surface area contributed by atoms with Gasteiger partial charge in [0.2, 0.25) is 0 Å². The standard InChI is InChI=1S/C17H26O3/c1-2-4-17(19)14-5-3-6-16(11-14)20-12-13-7-9-15(18)10-8-13/h3,5-6,11,13,15,17-19H,2,4,7-10,12H2,1H3/t13?,15?,17-/m1/s1. The van der Waals surface area contributed by atoms with Crippen LogP contribution in [0.2, 0.25) is 0 Å². The van der Waals surface area contributed by atoms with E-state index in [-0.39, 0.29) is 6.10 Å². The predicted molar refractivity (Wildman–Crippen MR) is 79.8 cm³/mol. The molecule has 1 aliphatic rings. The molecule has 0 radical (unpaired) electrons. The van der Waals surface area contributed by atoms with Crippen LogP contribution in [0.3, 0.4) is 0 Å². The van der Waals surface area contributed by atoms with E-state index >= 15 is 0 Å². The van der Waals surface area contributed by atoms with Gasteiger partial charge < -0.3 is 14.9 Å². The highest BCUT2D eigenvalue weighted by Gasteiger charge is 2.19. The summed E-state index contributed by atoms with van der Waals surface area (Å²) in [6.07, 6.45) is 5.11. The summed E-state index contributed by atoms with van der Waals surface area (Å²) in [7, 11) is 0. The highest BCUT2D eigenvalue weighted by atomic mass is 16.5. The van der Waals surface area contributed by atoms with Gasteiger partial charge in [0.1, 0.15) is 5.75 Å². The van der Waals surface area contributed by atoms with E-state index in [0.717, 1.165) is 49.8 Å². The molecule has 1 fully saturated rings. The Morgan fingerprint density at radius 2 is 2.00 bits per heavy atom. The second-order valence-corrected chi connectivity index (χ2v) is 5.86. The normalized spacial score (nSPS) is 24.4. The molecule has 0 spiro atoms. The minimum atomic E-state index is -0.395. The third-order valence-corrected chi connectivity index (χ3v) is 4.11. The van der Waals surface area contributed by atoms with Crippen molar-refractivity contribution < 1.29 is 14.9 Å². The van der Waals surface area contributed by atoms with Gasteiger partial charge in [-0.3, -0.25) is 0 Å². The minimum absolute atomic E-state index is 0.112. The summed E-state index contributed by atoms with van der Waals surface area (Å²) < 4.78 is 5.86. The molecule has 0 aliphatic heterocycles. The van der Waals surface area contributed by atoms with Crippen LogP contribution < -0.4 is 4.74 Å². The monoisotopic (exact) mass is 278 g/mol. The van der Waals surface area contributed by atoms with Gasteiger partial charge in [-0.05, 0) is 55.7 Å². The SMILES string of the molecule is CCC[C@@H](O)c1cccc(OCC2CCC(O)CC2)c1. The van der Waals surface area contributed by atoms with E-state index in [1.165, 1.54) is 0 Å². The van der Waals surface area contributed by atoms with Crippen LogP contribution in [0.5, 0.6) is 5.75 Å². The molecule has 3 nitrogen and oxygen atoms in total. The lowest BCUT2D eigenvalue weighted by atomic mass is 9.88. The largest absolute Gasteiger partial charge is 0.493 e. The number of aliphatic hydroxyl groups excluding tert-OH is 2. The van der Waals surface area contributed by atoms with Gasteiger partial charge in [-0.2, -0.15) is 0 Å². The lowest BCUT2D eigenvalue weighted by Crippen LogP contribution is -2.22. The maximum Gasteiger partial charge on any atom is 0.119 e. The number of aliphatic hydroxyl groups is 2. The van der Waals surface area contributed by atoms with Gasteiger partial charge in [0, 0.05) is 0 Å². The van der Waals surface area contributed by atoms with Gasteiger partial charge in [-0.15, -0.1) is 0 Å². The first-order valence-corrected chi connectivity index (χ1v) is 7.78. The Labute approximate surface area is 121 Å². The van der Waals surface area contributed by atoms with E-state index in [1.54, 1.807) is 0 Å². The van der Waals surface area contributed by atoms with Crippen LogP contribution in [0.4, 0.5) is 0 Å². The molecule has 2 N–H and O–H groups in total. The second-order valence-electron chi connectivity index (χ2n) is 5.86. The van der Waals surface area contributed by atoms with Gasteiger partial charge in [-0.25, -0.2) is 0 Å². The summed E-state index contributed by atoms with van der Waals surface area (Å²) in [6.45, 7) is 2.78. The fraction of sp³-hybridized carbons (Fsp3) is 0.647. The highest BCUT2D eigenvalue weighted by molar-refractivity contribution is 5.29. The van der Waals surface area contributed by atoms with E-state index in [0.29, 0.717) is 12.5 Å². The number of benzene rings is 1. The Morgan fingerprint density at radius 1 is 1.25 bits per heavy atom. The Hall–Kier alpha value is -1.06. The molecule has 20 heavy (non-hydrogen) atoms. The minimum Gasteiger partial charge on any atom is -0.493 e. The Bertz CT molecular complexity index is 397. The van der Waals surface area contributed by atoms with Crippen molar-refractivity contribution in [2.45, 2.75) is 57.7 Å². The topological polar surface area (TPSA) is 49.7 Å². The molecule has 112 valence electrons. The summed E-state index contributed by atoms with van der Waals surface area (Å²) in [5.74, 6) is 1.38. The molecule has 0 heterocycles. The number of hydrogen-bond acceptors (Lipinski definition) is 3. The lowest BCUT2D eigenvalue weighted by molar-refractivity contribution is 0.0916. The quantitative estimate of drug-likeness (QED) is 0.838. The van der Waals surface area contributed by atoms with Crippen LogP contribution >= 0.6 is 0 Å². The van der Waals surface area contributed by atoms with Crippen LogP contribution in [0.15, 0.2) is 24.3 Å². The van der Waals surface area contributed by atoms with E-state index in [9.17, 15) is 10.2 Å². The smallest absolute Gasteiger partial charge is 0.119 e. The summed E-state index contributed by atoms with van der Waals surface area (Å²) in [5, 5.41) is 19.5. The molecule has 2 rings (SSSR count). The molecule has 0 bridgehead atoms. The van der Waals surface area contributed by atoms with E-state index in [2.05, 4.69) is 6.92 Å². The van der Waals surface area contributed by atoms with Crippen LogP contribution in [-0.2, 0) is 0 Å². The zero-order chi connectivity index (χ0) is 14.4. The molecule has 1 atom stereocenters. The molecular formula is C17H26O3. The summed E-state index contributed by atoms with van der Waals surface area (Å²) in [5.41, 5.74) is 0.934. The van der Waals surface area contributed by atoms with Crippen molar-refractivity contribution in [3.05, 3.63) is 29.8 Å². The first-order valence-electron chi connectivity index (χ1n) is 7.78. The first-order chi connectivity index (χ1) is 9.69. The van der Waals surface area contributed by atoms with Gasteiger partial charge >= 0.3 is 0 Å². The number of rotatable bonds is 6. The Balaban J connectivity index is 1.85. The van der Waals surface area contributed by atoms with Crippen LogP contribution in [0.1, 0.15) is 57.1 Å². The predicted octanol–water partition coefficient (Wildman–Crippen LogP) is 3.45. The van der Waals surface area contributed by atoms with Gasteiger partial charge in [-0.1, -0.05) is 25.5 Å². The first kappa shape index (κ1) is 15.3. The number of hydrogen-bond donors (Lipinski definition) is 2.